The zero-order valence-corrected chi connectivity index (χ0v) is 12.5. The summed E-state index contributed by atoms with van der Waals surface area (Å²) >= 11 is 0. The van der Waals surface area contributed by atoms with Gasteiger partial charge >= 0.3 is 0 Å². The van der Waals surface area contributed by atoms with E-state index in [1.807, 2.05) is 19.9 Å². The Morgan fingerprint density at radius 1 is 1.33 bits per heavy atom. The van der Waals surface area contributed by atoms with Crippen LogP contribution in [0.2, 0.25) is 0 Å². The number of hydrogen-bond donors (Lipinski definition) is 3. The Morgan fingerprint density at radius 3 is 2.76 bits per heavy atom. The number of likely N-dealkylation sites (N-methyl/N-ethyl adjacent to an activating group) is 1. The van der Waals surface area contributed by atoms with Gasteiger partial charge in [0.15, 0.2) is 0 Å². The summed E-state index contributed by atoms with van der Waals surface area (Å²) in [6, 6.07) is 6.72. The normalized spacial score (nSPS) is 12.8. The number of aromatic amines is 1. The molecule has 0 saturated carbocycles. The van der Waals surface area contributed by atoms with Gasteiger partial charge in [-0.05, 0) is 24.2 Å². The highest BCUT2D eigenvalue weighted by Crippen LogP contribution is 2.19. The monoisotopic (exact) mass is 290 g/mol. The lowest BCUT2D eigenvalue weighted by Gasteiger charge is -2.22. The molecule has 1 aromatic heterocycles. The zero-order valence-electron chi connectivity index (χ0n) is 12.5. The number of hydrogen-bond acceptors (Lipinski definition) is 5. The van der Waals surface area contributed by atoms with E-state index >= 15 is 0 Å². The Kier molecular flexibility index (Phi) is 5.30. The molecule has 1 aromatic carbocycles. The first-order valence-electron chi connectivity index (χ1n) is 7.21. The van der Waals surface area contributed by atoms with Crippen LogP contribution in [0.1, 0.15) is 37.2 Å². The highest BCUT2D eigenvalue weighted by molar-refractivity contribution is 5.28. The van der Waals surface area contributed by atoms with E-state index in [2.05, 4.69) is 20.1 Å². The van der Waals surface area contributed by atoms with Gasteiger partial charge in [0.1, 0.15) is 17.4 Å². The molecular weight excluding hydrogens is 268 g/mol. The summed E-state index contributed by atoms with van der Waals surface area (Å²) < 4.78 is 0. The summed E-state index contributed by atoms with van der Waals surface area (Å²) in [6.07, 6.45) is 0.153. The summed E-state index contributed by atoms with van der Waals surface area (Å²) in [4.78, 5) is 6.46. The van der Waals surface area contributed by atoms with Crippen molar-refractivity contribution in [3.05, 3.63) is 41.5 Å². The third-order valence-corrected chi connectivity index (χ3v) is 3.40. The number of rotatable bonds is 7. The molecule has 0 aliphatic rings. The fraction of sp³-hybridized carbons (Fsp3) is 0.467. The highest BCUT2D eigenvalue weighted by Gasteiger charge is 2.14. The van der Waals surface area contributed by atoms with E-state index in [4.69, 9.17) is 0 Å². The third-order valence-electron chi connectivity index (χ3n) is 3.40. The van der Waals surface area contributed by atoms with Gasteiger partial charge < -0.3 is 10.2 Å². The van der Waals surface area contributed by atoms with Crippen LogP contribution in [-0.4, -0.2) is 43.4 Å². The molecule has 21 heavy (non-hydrogen) atoms. The summed E-state index contributed by atoms with van der Waals surface area (Å²) in [5.41, 5.74) is 0.709. The number of phenols is 1. The number of phenolic OH excluding ortho intramolecular Hbond substituents is 1. The molecule has 0 aliphatic carbocycles. The lowest BCUT2D eigenvalue weighted by Crippen LogP contribution is -2.28. The molecule has 3 N–H and O–H groups in total. The zero-order chi connectivity index (χ0) is 15.2. The van der Waals surface area contributed by atoms with E-state index in [0.717, 1.165) is 24.6 Å². The molecular formula is C15H22N4O2. The fourth-order valence-corrected chi connectivity index (χ4v) is 2.16. The number of aromatic hydroxyl groups is 1. The molecule has 0 spiro atoms. The van der Waals surface area contributed by atoms with E-state index < -0.39 is 6.10 Å². The van der Waals surface area contributed by atoms with Crippen molar-refractivity contribution in [2.75, 3.05) is 13.1 Å². The first-order valence-corrected chi connectivity index (χ1v) is 7.21. The van der Waals surface area contributed by atoms with E-state index in [0.29, 0.717) is 18.7 Å². The van der Waals surface area contributed by atoms with Gasteiger partial charge in [0.05, 0.1) is 12.6 Å². The molecule has 0 fully saturated rings. The molecule has 0 bridgehead atoms. The largest absolute Gasteiger partial charge is 0.508 e. The molecule has 1 heterocycles. The van der Waals surface area contributed by atoms with Crippen molar-refractivity contribution in [3.63, 3.8) is 0 Å². The van der Waals surface area contributed by atoms with E-state index in [1.54, 1.807) is 18.2 Å². The number of aryl methyl sites for hydroxylation is 1. The van der Waals surface area contributed by atoms with Crippen LogP contribution < -0.4 is 0 Å². The van der Waals surface area contributed by atoms with Crippen LogP contribution in [0.4, 0.5) is 0 Å². The fourth-order valence-electron chi connectivity index (χ4n) is 2.16. The van der Waals surface area contributed by atoms with Crippen molar-refractivity contribution in [2.45, 2.75) is 32.9 Å². The van der Waals surface area contributed by atoms with Gasteiger partial charge in [-0.1, -0.05) is 26.0 Å². The Balaban J connectivity index is 1.98. The van der Waals surface area contributed by atoms with Gasteiger partial charge in [0.2, 0.25) is 0 Å². The van der Waals surface area contributed by atoms with Crippen LogP contribution in [0.3, 0.4) is 0 Å². The molecule has 2 rings (SSSR count). The van der Waals surface area contributed by atoms with Gasteiger partial charge in [-0.3, -0.25) is 10.00 Å². The number of benzene rings is 1. The van der Waals surface area contributed by atoms with Crippen molar-refractivity contribution in [1.29, 1.82) is 0 Å². The molecule has 1 atom stereocenters. The number of nitrogens with one attached hydrogen (secondary N) is 1. The van der Waals surface area contributed by atoms with Gasteiger partial charge in [0, 0.05) is 13.0 Å². The third kappa shape index (κ3) is 4.27. The van der Waals surface area contributed by atoms with Crippen molar-refractivity contribution in [2.24, 2.45) is 0 Å². The second-order valence-corrected chi connectivity index (χ2v) is 4.99. The predicted octanol–water partition coefficient (Wildman–Crippen LogP) is 1.63. The number of aliphatic hydroxyl groups is 1. The molecule has 0 radical (unpaired) electrons. The van der Waals surface area contributed by atoms with Gasteiger partial charge in [-0.25, -0.2) is 4.98 Å². The predicted molar refractivity (Wildman–Crippen MR) is 79.8 cm³/mol. The highest BCUT2D eigenvalue weighted by atomic mass is 16.3. The van der Waals surface area contributed by atoms with Gasteiger partial charge in [-0.15, -0.1) is 0 Å². The maximum Gasteiger partial charge on any atom is 0.150 e. The van der Waals surface area contributed by atoms with Crippen LogP contribution in [0.5, 0.6) is 5.75 Å². The minimum absolute atomic E-state index is 0.164. The van der Waals surface area contributed by atoms with Crippen LogP contribution >= 0.6 is 0 Å². The Hall–Kier alpha value is -1.92. The van der Waals surface area contributed by atoms with E-state index in [-0.39, 0.29) is 5.75 Å². The summed E-state index contributed by atoms with van der Waals surface area (Å²) in [5, 5.41) is 26.8. The molecule has 6 heteroatoms. The minimum Gasteiger partial charge on any atom is -0.508 e. The second kappa shape index (κ2) is 7.19. The Morgan fingerprint density at radius 2 is 2.14 bits per heavy atom. The standard InChI is InChI=1S/C15H22N4O2/c1-3-14-16-15(18-17-14)10-19(4-2)9-13(21)11-6-5-7-12(20)8-11/h5-8,13,20-21H,3-4,9-10H2,1-2H3,(H,16,17,18). The lowest BCUT2D eigenvalue weighted by atomic mass is 10.1. The second-order valence-electron chi connectivity index (χ2n) is 4.99. The Labute approximate surface area is 124 Å². The van der Waals surface area contributed by atoms with Crippen LogP contribution in [0.25, 0.3) is 0 Å². The molecule has 114 valence electrons. The average molecular weight is 290 g/mol. The topological polar surface area (TPSA) is 85.3 Å². The first kappa shape index (κ1) is 15.5. The molecule has 0 amide bonds. The van der Waals surface area contributed by atoms with Crippen LogP contribution in [0.15, 0.2) is 24.3 Å². The number of aromatic nitrogens is 3. The lowest BCUT2D eigenvalue weighted by molar-refractivity contribution is 0.110. The van der Waals surface area contributed by atoms with Crippen molar-refractivity contribution < 1.29 is 10.2 Å². The maximum atomic E-state index is 10.3. The molecule has 0 saturated heterocycles. The summed E-state index contributed by atoms with van der Waals surface area (Å²) in [5.74, 6) is 1.77. The molecule has 2 aromatic rings. The number of H-pyrrole nitrogens is 1. The maximum absolute atomic E-state index is 10.3. The Bertz CT molecular complexity index is 570. The molecule has 1 unspecified atom stereocenters. The van der Waals surface area contributed by atoms with Crippen molar-refractivity contribution in [1.82, 2.24) is 20.1 Å². The smallest absolute Gasteiger partial charge is 0.150 e. The summed E-state index contributed by atoms with van der Waals surface area (Å²) in [6.45, 7) is 5.92. The van der Waals surface area contributed by atoms with E-state index in [9.17, 15) is 10.2 Å². The quantitative estimate of drug-likeness (QED) is 0.721. The minimum atomic E-state index is -0.648. The van der Waals surface area contributed by atoms with Gasteiger partial charge in [0.25, 0.3) is 0 Å². The van der Waals surface area contributed by atoms with Crippen molar-refractivity contribution >= 4 is 0 Å². The van der Waals surface area contributed by atoms with Gasteiger partial charge in [-0.2, -0.15) is 5.10 Å². The van der Waals surface area contributed by atoms with E-state index in [1.165, 1.54) is 0 Å². The SMILES string of the molecule is CCc1n[nH]c(CN(CC)CC(O)c2cccc(O)c2)n1. The number of aliphatic hydroxyl groups excluding tert-OH is 1. The molecule has 0 aliphatic heterocycles. The first-order chi connectivity index (χ1) is 10.1. The van der Waals surface area contributed by atoms with Crippen molar-refractivity contribution in [3.8, 4) is 5.75 Å². The number of nitrogens with zero attached hydrogens (tertiary/aromatic N) is 3. The molecule has 6 nitrogen and oxygen atoms in total. The average Bonchev–Trinajstić information content (AvgIpc) is 2.94. The summed E-state index contributed by atoms with van der Waals surface area (Å²) in [7, 11) is 0. The van der Waals surface area contributed by atoms with Crippen LogP contribution in [-0.2, 0) is 13.0 Å². The van der Waals surface area contributed by atoms with Crippen LogP contribution in [0, 0.1) is 0 Å².